The second kappa shape index (κ2) is 5.92. The number of nitrogens with zero attached hydrogens (tertiary/aromatic N) is 2. The number of benzene rings is 1. The molecule has 2 N–H and O–H groups in total. The van der Waals surface area contributed by atoms with Gasteiger partial charge in [0.25, 0.3) is 0 Å². The molecule has 0 amide bonds. The van der Waals surface area contributed by atoms with Crippen molar-refractivity contribution >= 4 is 35.6 Å². The quantitative estimate of drug-likeness (QED) is 0.852. The van der Waals surface area contributed by atoms with Gasteiger partial charge in [0.05, 0.1) is 21.0 Å². The second-order valence-electron chi connectivity index (χ2n) is 6.50. The van der Waals surface area contributed by atoms with Gasteiger partial charge in [0.15, 0.2) is 5.82 Å². The largest absolute Gasteiger partial charge is 0.338 e. The molecular weight excluding hydrogens is 357 g/mol. The Bertz CT molecular complexity index is 723. The van der Waals surface area contributed by atoms with Crippen LogP contribution in [0.1, 0.15) is 55.8 Å². The van der Waals surface area contributed by atoms with E-state index in [4.69, 9.17) is 33.5 Å². The molecule has 2 fully saturated rings. The van der Waals surface area contributed by atoms with Crippen molar-refractivity contribution in [3.63, 3.8) is 0 Å². The molecule has 0 bridgehead atoms. The Morgan fingerprint density at radius 2 is 1.74 bits per heavy atom. The van der Waals surface area contributed by atoms with Crippen LogP contribution >= 0.6 is 35.6 Å². The van der Waals surface area contributed by atoms with Crippen LogP contribution in [0.3, 0.4) is 0 Å². The van der Waals surface area contributed by atoms with Crippen molar-refractivity contribution in [2.45, 2.75) is 49.5 Å². The Hall–Kier alpha value is -0.810. The molecule has 1 aromatic heterocycles. The molecule has 0 aliphatic heterocycles. The van der Waals surface area contributed by atoms with E-state index in [0.717, 1.165) is 44.1 Å². The van der Waals surface area contributed by atoms with Gasteiger partial charge in [-0.15, -0.1) is 12.4 Å². The summed E-state index contributed by atoms with van der Waals surface area (Å²) in [6.45, 7) is 0. The number of nitrogens with two attached hydrogens (primary N) is 1. The molecule has 0 saturated heterocycles. The molecule has 2 aromatic rings. The first-order valence-corrected chi connectivity index (χ1v) is 8.38. The standard InChI is InChI=1S/C16H17Cl2N3O.ClH/c17-11-4-3-10(9-12(11)18)15(5-1-6-15)14-20-13(21-22-14)16(19)7-2-8-16;/h3-4,9H,1-2,5-8,19H2;1H. The molecule has 2 aliphatic rings. The van der Waals surface area contributed by atoms with E-state index in [9.17, 15) is 0 Å². The third kappa shape index (κ3) is 2.56. The third-order valence-corrected chi connectivity index (χ3v) is 5.94. The lowest BCUT2D eigenvalue weighted by Gasteiger charge is -2.39. The van der Waals surface area contributed by atoms with E-state index in [1.807, 2.05) is 18.2 Å². The van der Waals surface area contributed by atoms with Gasteiger partial charge in [0.1, 0.15) is 0 Å². The van der Waals surface area contributed by atoms with Crippen molar-refractivity contribution in [2.24, 2.45) is 5.73 Å². The fraction of sp³-hybridized carbons (Fsp3) is 0.500. The van der Waals surface area contributed by atoms with E-state index in [1.165, 1.54) is 0 Å². The monoisotopic (exact) mass is 373 g/mol. The SMILES string of the molecule is Cl.NC1(c2noc(C3(c4ccc(Cl)c(Cl)c4)CCC3)n2)CCC1. The Kier molecular flexibility index (Phi) is 4.38. The fourth-order valence-corrected chi connectivity index (χ4v) is 3.65. The number of halogens is 3. The molecule has 1 aromatic carbocycles. The molecule has 4 nitrogen and oxygen atoms in total. The summed E-state index contributed by atoms with van der Waals surface area (Å²) in [5.41, 5.74) is 6.75. The van der Waals surface area contributed by atoms with E-state index in [0.29, 0.717) is 21.8 Å². The smallest absolute Gasteiger partial charge is 0.237 e. The Balaban J connectivity index is 0.00000156. The molecule has 0 radical (unpaired) electrons. The molecule has 124 valence electrons. The van der Waals surface area contributed by atoms with E-state index < -0.39 is 5.54 Å². The average Bonchev–Trinajstić information content (AvgIpc) is 2.89. The van der Waals surface area contributed by atoms with Crippen molar-refractivity contribution in [1.29, 1.82) is 0 Å². The van der Waals surface area contributed by atoms with Crippen LogP contribution in [0.4, 0.5) is 0 Å². The minimum atomic E-state index is -0.398. The maximum atomic E-state index is 6.30. The Morgan fingerprint density at radius 1 is 1.04 bits per heavy atom. The first-order valence-electron chi connectivity index (χ1n) is 7.63. The van der Waals surface area contributed by atoms with Crippen LogP contribution in [0.5, 0.6) is 0 Å². The highest BCUT2D eigenvalue weighted by Gasteiger charge is 2.47. The zero-order valence-electron chi connectivity index (χ0n) is 12.5. The fourth-order valence-electron chi connectivity index (χ4n) is 3.35. The molecule has 7 heteroatoms. The van der Waals surface area contributed by atoms with Crippen LogP contribution in [0.15, 0.2) is 22.7 Å². The zero-order valence-corrected chi connectivity index (χ0v) is 14.8. The normalized spacial score (nSPS) is 21.0. The van der Waals surface area contributed by atoms with Crippen LogP contribution in [0.25, 0.3) is 0 Å². The van der Waals surface area contributed by atoms with E-state index in [2.05, 4.69) is 10.1 Å². The second-order valence-corrected chi connectivity index (χ2v) is 7.31. The molecule has 23 heavy (non-hydrogen) atoms. The van der Waals surface area contributed by atoms with E-state index in [1.54, 1.807) is 0 Å². The van der Waals surface area contributed by atoms with Gasteiger partial charge in [-0.25, -0.2) is 0 Å². The van der Waals surface area contributed by atoms with E-state index >= 15 is 0 Å². The molecule has 1 heterocycles. The van der Waals surface area contributed by atoms with Gasteiger partial charge in [0.2, 0.25) is 5.89 Å². The van der Waals surface area contributed by atoms with Crippen LogP contribution in [-0.4, -0.2) is 10.1 Å². The highest BCUT2D eigenvalue weighted by atomic mass is 35.5. The van der Waals surface area contributed by atoms with Crippen molar-refractivity contribution in [3.05, 3.63) is 45.5 Å². The lowest BCUT2D eigenvalue weighted by molar-refractivity contribution is 0.209. The molecule has 2 saturated carbocycles. The van der Waals surface area contributed by atoms with Crippen LogP contribution < -0.4 is 5.73 Å². The summed E-state index contributed by atoms with van der Waals surface area (Å²) < 4.78 is 5.60. The van der Waals surface area contributed by atoms with Crippen LogP contribution in [0.2, 0.25) is 10.0 Å². The van der Waals surface area contributed by atoms with E-state index in [-0.39, 0.29) is 17.8 Å². The Labute approximate surface area is 151 Å². The first kappa shape index (κ1) is 17.0. The summed E-state index contributed by atoms with van der Waals surface area (Å²) in [5.74, 6) is 1.30. The van der Waals surface area contributed by atoms with Crippen molar-refractivity contribution in [2.75, 3.05) is 0 Å². The van der Waals surface area contributed by atoms with Crippen molar-refractivity contribution in [1.82, 2.24) is 10.1 Å². The third-order valence-electron chi connectivity index (χ3n) is 5.21. The Morgan fingerprint density at radius 3 is 2.26 bits per heavy atom. The summed E-state index contributed by atoms with van der Waals surface area (Å²) in [6, 6.07) is 5.74. The number of hydrogen-bond donors (Lipinski definition) is 1. The lowest BCUT2D eigenvalue weighted by Crippen LogP contribution is -2.44. The molecule has 2 aliphatic carbocycles. The first-order chi connectivity index (χ1) is 10.5. The van der Waals surface area contributed by atoms with Crippen LogP contribution in [-0.2, 0) is 11.0 Å². The van der Waals surface area contributed by atoms with Crippen molar-refractivity contribution < 1.29 is 4.52 Å². The topological polar surface area (TPSA) is 64.9 Å². The number of aromatic nitrogens is 2. The molecule has 0 unspecified atom stereocenters. The predicted octanol–water partition coefficient (Wildman–Crippen LogP) is 4.61. The maximum Gasteiger partial charge on any atom is 0.237 e. The van der Waals surface area contributed by atoms with Gasteiger partial charge in [-0.2, -0.15) is 4.98 Å². The summed E-state index contributed by atoms with van der Waals surface area (Å²) in [7, 11) is 0. The van der Waals surface area contributed by atoms with Crippen molar-refractivity contribution in [3.8, 4) is 0 Å². The highest BCUT2D eigenvalue weighted by Crippen LogP contribution is 2.50. The molecule has 4 rings (SSSR count). The van der Waals surface area contributed by atoms with Gasteiger partial charge in [-0.05, 0) is 49.8 Å². The lowest BCUT2D eigenvalue weighted by atomic mass is 9.64. The minimum Gasteiger partial charge on any atom is -0.338 e. The summed E-state index contributed by atoms with van der Waals surface area (Å²) in [4.78, 5) is 4.65. The summed E-state index contributed by atoms with van der Waals surface area (Å²) >= 11 is 12.2. The van der Waals surface area contributed by atoms with Gasteiger partial charge in [-0.1, -0.05) is 40.8 Å². The summed E-state index contributed by atoms with van der Waals surface area (Å²) in [5, 5.41) is 5.27. The number of rotatable bonds is 3. The number of hydrogen-bond acceptors (Lipinski definition) is 4. The maximum absolute atomic E-state index is 6.30. The van der Waals surface area contributed by atoms with Crippen LogP contribution in [0, 0.1) is 0 Å². The van der Waals surface area contributed by atoms with Gasteiger partial charge < -0.3 is 10.3 Å². The predicted molar refractivity (Wildman–Crippen MR) is 92.4 cm³/mol. The molecule has 0 spiro atoms. The van der Waals surface area contributed by atoms with Gasteiger partial charge >= 0.3 is 0 Å². The molecule has 0 atom stereocenters. The minimum absolute atomic E-state index is 0. The average molecular weight is 375 g/mol. The molecular formula is C16H18Cl3N3O. The zero-order chi connectivity index (χ0) is 15.4. The van der Waals surface area contributed by atoms with Gasteiger partial charge in [-0.3, -0.25) is 0 Å². The summed E-state index contributed by atoms with van der Waals surface area (Å²) in [6.07, 6.45) is 6.05. The van der Waals surface area contributed by atoms with Gasteiger partial charge in [0, 0.05) is 0 Å². The highest BCUT2D eigenvalue weighted by molar-refractivity contribution is 6.42.